The molecule has 0 saturated heterocycles. The van der Waals surface area contributed by atoms with Crippen LogP contribution >= 0.6 is 24.8 Å². The molecule has 0 aliphatic heterocycles. The summed E-state index contributed by atoms with van der Waals surface area (Å²) in [4.78, 5) is 20.1. The smallest absolute Gasteiger partial charge is 0.254 e. The average molecular weight is 444 g/mol. The van der Waals surface area contributed by atoms with Crippen LogP contribution in [0.5, 0.6) is 0 Å². The van der Waals surface area contributed by atoms with E-state index >= 15 is 0 Å². The van der Waals surface area contributed by atoms with Gasteiger partial charge in [0.25, 0.3) is 5.91 Å². The second-order valence-corrected chi connectivity index (χ2v) is 9.77. The lowest BCUT2D eigenvalue weighted by molar-refractivity contribution is 0.0742. The second kappa shape index (κ2) is 8.78. The maximum absolute atomic E-state index is 13.4. The first-order chi connectivity index (χ1) is 12.4. The van der Waals surface area contributed by atoms with Crippen LogP contribution in [0.25, 0.3) is 11.0 Å². The lowest BCUT2D eigenvalue weighted by atomic mass is 9.93. The number of carbonyl (C=O) groups is 1. The molecule has 0 radical (unpaired) electrons. The predicted octanol–water partition coefficient (Wildman–Crippen LogP) is 4.27. The molecule has 6 nitrogen and oxygen atoms in total. The van der Waals surface area contributed by atoms with Crippen molar-refractivity contribution in [2.45, 2.75) is 65.8 Å². The number of pyridine rings is 1. The number of nitrogens with zero attached hydrogens (tertiary/aromatic N) is 4. The van der Waals surface area contributed by atoms with E-state index in [9.17, 15) is 4.79 Å². The quantitative estimate of drug-likeness (QED) is 0.747. The SMILES string of the molecule is Cc1nn(C(C)(C)C)c2nc(C3CC3)cc(C(=O)N(C)CC(C)(C)CN)c12.Cl.Cl. The zero-order valence-electron chi connectivity index (χ0n) is 18.6. The molecule has 0 spiro atoms. The number of halogens is 2. The van der Waals surface area contributed by atoms with Gasteiger partial charge in [-0.2, -0.15) is 5.10 Å². The first-order valence-corrected chi connectivity index (χ1v) is 9.81. The van der Waals surface area contributed by atoms with Gasteiger partial charge >= 0.3 is 0 Å². The summed E-state index contributed by atoms with van der Waals surface area (Å²) in [6.45, 7) is 13.6. The molecule has 1 aliphatic carbocycles. The maximum atomic E-state index is 13.4. The van der Waals surface area contributed by atoms with E-state index in [1.54, 1.807) is 4.90 Å². The maximum Gasteiger partial charge on any atom is 0.254 e. The minimum Gasteiger partial charge on any atom is -0.341 e. The van der Waals surface area contributed by atoms with Crippen molar-refractivity contribution >= 4 is 41.8 Å². The predicted molar refractivity (Wildman–Crippen MR) is 124 cm³/mol. The number of fused-ring (bicyclic) bond motifs is 1. The van der Waals surface area contributed by atoms with Crippen LogP contribution in [0.15, 0.2) is 6.07 Å². The Morgan fingerprint density at radius 3 is 2.31 bits per heavy atom. The molecule has 2 aromatic heterocycles. The summed E-state index contributed by atoms with van der Waals surface area (Å²) in [6, 6.07) is 2.00. The highest BCUT2D eigenvalue weighted by Gasteiger charge is 2.31. The van der Waals surface area contributed by atoms with E-state index in [4.69, 9.17) is 15.8 Å². The van der Waals surface area contributed by atoms with E-state index in [1.807, 2.05) is 24.7 Å². The fourth-order valence-electron chi connectivity index (χ4n) is 3.52. The second-order valence-electron chi connectivity index (χ2n) is 9.77. The first kappa shape index (κ1) is 25.7. The molecular formula is C21H35Cl2N5O. The Bertz CT molecular complexity index is 881. The molecule has 0 atom stereocenters. The van der Waals surface area contributed by atoms with Gasteiger partial charge in [-0.1, -0.05) is 13.8 Å². The van der Waals surface area contributed by atoms with Gasteiger partial charge in [0.2, 0.25) is 0 Å². The van der Waals surface area contributed by atoms with Gasteiger partial charge in [0, 0.05) is 25.2 Å². The highest BCUT2D eigenvalue weighted by atomic mass is 35.5. The topological polar surface area (TPSA) is 77.0 Å². The molecule has 0 unspecified atom stereocenters. The molecule has 0 aromatic carbocycles. The van der Waals surface area contributed by atoms with Crippen molar-refractivity contribution in [2.24, 2.45) is 11.1 Å². The van der Waals surface area contributed by atoms with Crippen LogP contribution in [-0.4, -0.2) is 45.7 Å². The van der Waals surface area contributed by atoms with Crippen molar-refractivity contribution < 1.29 is 4.79 Å². The van der Waals surface area contributed by atoms with Gasteiger partial charge in [-0.25, -0.2) is 9.67 Å². The van der Waals surface area contributed by atoms with Crippen LogP contribution in [-0.2, 0) is 5.54 Å². The third-order valence-electron chi connectivity index (χ3n) is 5.26. The molecule has 1 fully saturated rings. The summed E-state index contributed by atoms with van der Waals surface area (Å²) in [5.41, 5.74) is 8.95. The van der Waals surface area contributed by atoms with Gasteiger partial charge in [-0.15, -0.1) is 24.8 Å². The third-order valence-corrected chi connectivity index (χ3v) is 5.26. The average Bonchev–Trinajstić information content (AvgIpc) is 3.36. The zero-order valence-corrected chi connectivity index (χ0v) is 20.2. The largest absolute Gasteiger partial charge is 0.341 e. The van der Waals surface area contributed by atoms with Gasteiger partial charge in [-0.3, -0.25) is 4.79 Å². The Morgan fingerprint density at radius 2 is 1.83 bits per heavy atom. The number of hydrogen-bond acceptors (Lipinski definition) is 4. The minimum atomic E-state index is -0.199. The zero-order chi connectivity index (χ0) is 20.1. The molecule has 3 rings (SSSR count). The van der Waals surface area contributed by atoms with Crippen LogP contribution in [0.3, 0.4) is 0 Å². The van der Waals surface area contributed by atoms with E-state index in [1.165, 1.54) is 0 Å². The van der Waals surface area contributed by atoms with E-state index in [0.717, 1.165) is 35.3 Å². The van der Waals surface area contributed by atoms with Gasteiger partial charge in [0.1, 0.15) is 0 Å². The molecule has 1 amide bonds. The Kier molecular flexibility index (Phi) is 7.77. The van der Waals surface area contributed by atoms with Crippen LogP contribution in [0.1, 0.15) is 75.1 Å². The first-order valence-electron chi connectivity index (χ1n) is 9.81. The Hall–Kier alpha value is -1.37. The molecule has 2 heterocycles. The normalized spacial score (nSPS) is 14.3. The molecule has 1 saturated carbocycles. The highest BCUT2D eigenvalue weighted by Crippen LogP contribution is 2.41. The molecule has 164 valence electrons. The summed E-state index contributed by atoms with van der Waals surface area (Å²) in [6.07, 6.45) is 2.29. The standard InChI is InChI=1S/C21H33N5O.2ClH/c1-13-17-15(19(27)25(7)12-21(5,6)11-22)10-16(14-8-9-14)23-18(17)26(24-13)20(2,3)4;;/h10,14H,8-9,11-12,22H2,1-7H3;2*1H. The minimum absolute atomic E-state index is 0. The monoisotopic (exact) mass is 443 g/mol. The van der Waals surface area contributed by atoms with Gasteiger partial charge in [-0.05, 0) is 58.6 Å². The summed E-state index contributed by atoms with van der Waals surface area (Å²) < 4.78 is 1.96. The van der Waals surface area contributed by atoms with Gasteiger partial charge in [0.05, 0.1) is 22.2 Å². The highest BCUT2D eigenvalue weighted by molar-refractivity contribution is 6.06. The fourth-order valence-corrected chi connectivity index (χ4v) is 3.52. The fraction of sp³-hybridized carbons (Fsp3) is 0.667. The molecule has 2 N–H and O–H groups in total. The van der Waals surface area contributed by atoms with Crippen molar-refractivity contribution in [3.05, 3.63) is 23.0 Å². The molecular weight excluding hydrogens is 409 g/mol. The van der Waals surface area contributed by atoms with Crippen molar-refractivity contribution in [3.63, 3.8) is 0 Å². The van der Waals surface area contributed by atoms with E-state index in [-0.39, 0.29) is 41.7 Å². The number of amides is 1. The number of rotatable bonds is 5. The van der Waals surface area contributed by atoms with E-state index in [0.29, 0.717) is 24.6 Å². The van der Waals surface area contributed by atoms with Crippen LogP contribution in [0, 0.1) is 12.3 Å². The molecule has 8 heteroatoms. The molecule has 0 bridgehead atoms. The van der Waals surface area contributed by atoms with Crippen LogP contribution in [0.2, 0.25) is 0 Å². The Morgan fingerprint density at radius 1 is 1.24 bits per heavy atom. The number of aromatic nitrogens is 3. The van der Waals surface area contributed by atoms with E-state index < -0.39 is 0 Å². The van der Waals surface area contributed by atoms with Crippen molar-refractivity contribution in [1.29, 1.82) is 0 Å². The van der Waals surface area contributed by atoms with Crippen molar-refractivity contribution in [2.75, 3.05) is 20.1 Å². The molecule has 1 aliphatic rings. The van der Waals surface area contributed by atoms with Crippen molar-refractivity contribution in [1.82, 2.24) is 19.7 Å². The Balaban J connectivity index is 0.00000210. The van der Waals surface area contributed by atoms with E-state index in [2.05, 4.69) is 34.6 Å². The summed E-state index contributed by atoms with van der Waals surface area (Å²) in [5, 5.41) is 5.61. The Labute approximate surface area is 186 Å². The van der Waals surface area contributed by atoms with Crippen molar-refractivity contribution in [3.8, 4) is 0 Å². The third kappa shape index (κ3) is 5.22. The van der Waals surface area contributed by atoms with Crippen LogP contribution < -0.4 is 5.73 Å². The summed E-state index contributed by atoms with van der Waals surface area (Å²) in [7, 11) is 1.85. The lowest BCUT2D eigenvalue weighted by Crippen LogP contribution is -2.39. The molecule has 29 heavy (non-hydrogen) atoms. The number of nitrogens with two attached hydrogens (primary N) is 1. The number of carbonyl (C=O) groups excluding carboxylic acids is 1. The van der Waals surface area contributed by atoms with Crippen LogP contribution in [0.4, 0.5) is 0 Å². The molecule has 2 aromatic rings. The van der Waals surface area contributed by atoms with Gasteiger partial charge in [0.15, 0.2) is 5.65 Å². The number of aryl methyl sites for hydroxylation is 1. The number of hydrogen-bond donors (Lipinski definition) is 1. The summed E-state index contributed by atoms with van der Waals surface area (Å²) in [5.74, 6) is 0.484. The van der Waals surface area contributed by atoms with Gasteiger partial charge < -0.3 is 10.6 Å². The lowest BCUT2D eigenvalue weighted by Gasteiger charge is -2.29. The summed E-state index contributed by atoms with van der Waals surface area (Å²) >= 11 is 0.